The molecule has 0 aliphatic heterocycles. The van der Waals surface area contributed by atoms with Gasteiger partial charge in [-0.25, -0.2) is 9.97 Å². The largest absolute Gasteiger partial charge is 0.317 e. The molecular formula is C10H11N5. The van der Waals surface area contributed by atoms with Crippen molar-refractivity contribution in [2.45, 2.75) is 6.92 Å². The van der Waals surface area contributed by atoms with Crippen molar-refractivity contribution < 1.29 is 0 Å². The molecule has 0 radical (unpaired) electrons. The van der Waals surface area contributed by atoms with E-state index in [2.05, 4.69) is 20.2 Å². The van der Waals surface area contributed by atoms with Gasteiger partial charge in [-0.1, -0.05) is 6.08 Å². The van der Waals surface area contributed by atoms with Crippen LogP contribution in [0, 0.1) is 0 Å². The Hall–Kier alpha value is -2.04. The normalized spacial score (nSPS) is 11.7. The third-order valence-electron chi connectivity index (χ3n) is 2.11. The van der Waals surface area contributed by atoms with Crippen molar-refractivity contribution in [1.82, 2.24) is 24.7 Å². The fraction of sp³-hybridized carbons (Fsp3) is 0.200. The highest BCUT2D eigenvalue weighted by Crippen LogP contribution is 2.18. The van der Waals surface area contributed by atoms with Gasteiger partial charge in [-0.15, -0.1) is 10.2 Å². The van der Waals surface area contributed by atoms with E-state index in [0.717, 1.165) is 17.0 Å². The second kappa shape index (κ2) is 4.00. The standard InChI is InChI=1S/C10H11N5/c1-3-9(8-4-11-6-12-5-8)10-14-13-7-15(10)2/h3-7H,1-2H3/b9-3+. The van der Waals surface area contributed by atoms with Crippen LogP contribution in [0.4, 0.5) is 0 Å². The lowest BCUT2D eigenvalue weighted by Gasteiger charge is -2.04. The summed E-state index contributed by atoms with van der Waals surface area (Å²) >= 11 is 0. The second-order valence-corrected chi connectivity index (χ2v) is 3.09. The third-order valence-corrected chi connectivity index (χ3v) is 2.11. The molecule has 0 fully saturated rings. The smallest absolute Gasteiger partial charge is 0.163 e. The van der Waals surface area contributed by atoms with Crippen LogP contribution in [-0.2, 0) is 7.05 Å². The van der Waals surface area contributed by atoms with Gasteiger partial charge >= 0.3 is 0 Å². The van der Waals surface area contributed by atoms with Gasteiger partial charge < -0.3 is 4.57 Å². The Morgan fingerprint density at radius 1 is 1.33 bits per heavy atom. The van der Waals surface area contributed by atoms with Gasteiger partial charge in [0.25, 0.3) is 0 Å². The van der Waals surface area contributed by atoms with E-state index in [1.54, 1.807) is 18.7 Å². The lowest BCUT2D eigenvalue weighted by molar-refractivity contribution is 0.888. The van der Waals surface area contributed by atoms with Gasteiger partial charge in [0.1, 0.15) is 12.7 Å². The summed E-state index contributed by atoms with van der Waals surface area (Å²) in [6.45, 7) is 1.96. The summed E-state index contributed by atoms with van der Waals surface area (Å²) in [5.74, 6) is 0.812. The lowest BCUT2D eigenvalue weighted by atomic mass is 10.1. The van der Waals surface area contributed by atoms with Crippen LogP contribution in [0.15, 0.2) is 31.1 Å². The maximum Gasteiger partial charge on any atom is 0.163 e. The molecule has 5 heteroatoms. The Kier molecular flexibility index (Phi) is 2.53. The van der Waals surface area contributed by atoms with Crippen molar-refractivity contribution in [3.63, 3.8) is 0 Å². The predicted molar refractivity (Wildman–Crippen MR) is 55.8 cm³/mol. The highest BCUT2D eigenvalue weighted by atomic mass is 15.2. The van der Waals surface area contributed by atoms with E-state index >= 15 is 0 Å². The Labute approximate surface area is 87.5 Å². The topological polar surface area (TPSA) is 56.5 Å². The van der Waals surface area contributed by atoms with Crippen molar-refractivity contribution in [2.24, 2.45) is 7.05 Å². The Morgan fingerprint density at radius 2 is 2.07 bits per heavy atom. The molecule has 0 amide bonds. The van der Waals surface area contributed by atoms with Crippen molar-refractivity contribution >= 4 is 5.57 Å². The van der Waals surface area contributed by atoms with Gasteiger partial charge in [-0.2, -0.15) is 0 Å². The second-order valence-electron chi connectivity index (χ2n) is 3.09. The predicted octanol–water partition coefficient (Wildman–Crippen LogP) is 1.06. The van der Waals surface area contributed by atoms with Gasteiger partial charge in [0.2, 0.25) is 0 Å². The molecule has 0 unspecified atom stereocenters. The van der Waals surface area contributed by atoms with E-state index in [0.29, 0.717) is 0 Å². The van der Waals surface area contributed by atoms with Crippen molar-refractivity contribution in [2.75, 3.05) is 0 Å². The minimum atomic E-state index is 0.812. The molecule has 0 N–H and O–H groups in total. The van der Waals surface area contributed by atoms with E-state index in [9.17, 15) is 0 Å². The molecule has 0 atom stereocenters. The number of aryl methyl sites for hydroxylation is 1. The SMILES string of the molecule is C/C=C(\c1cncnc1)c1nncn1C. The monoisotopic (exact) mass is 201 g/mol. The third kappa shape index (κ3) is 1.76. The number of aromatic nitrogens is 5. The molecule has 0 aliphatic carbocycles. The summed E-state index contributed by atoms with van der Waals surface area (Å²) in [6, 6.07) is 0. The average Bonchev–Trinajstić information content (AvgIpc) is 2.68. The zero-order chi connectivity index (χ0) is 10.7. The molecule has 0 saturated carbocycles. The van der Waals surface area contributed by atoms with Gasteiger partial charge in [0, 0.05) is 30.6 Å². The first-order chi connectivity index (χ1) is 7.33. The Morgan fingerprint density at radius 3 is 2.60 bits per heavy atom. The molecular weight excluding hydrogens is 190 g/mol. The van der Waals surface area contributed by atoms with Crippen molar-refractivity contribution in [1.29, 1.82) is 0 Å². The summed E-state index contributed by atoms with van der Waals surface area (Å²) in [5.41, 5.74) is 1.92. The molecule has 0 bridgehead atoms. The van der Waals surface area contributed by atoms with Gasteiger partial charge in [-0.3, -0.25) is 0 Å². The van der Waals surface area contributed by atoms with Crippen LogP contribution in [0.1, 0.15) is 18.3 Å². The summed E-state index contributed by atoms with van der Waals surface area (Å²) in [5, 5.41) is 7.90. The zero-order valence-electron chi connectivity index (χ0n) is 8.62. The molecule has 0 aliphatic rings. The van der Waals surface area contributed by atoms with Crippen molar-refractivity contribution in [3.8, 4) is 0 Å². The quantitative estimate of drug-likeness (QED) is 0.729. The number of hydrogen-bond donors (Lipinski definition) is 0. The number of hydrogen-bond acceptors (Lipinski definition) is 4. The molecule has 0 saturated heterocycles. The molecule has 76 valence electrons. The minimum absolute atomic E-state index is 0.812. The van der Waals surface area contributed by atoms with Crippen LogP contribution in [0.5, 0.6) is 0 Å². The highest BCUT2D eigenvalue weighted by molar-refractivity contribution is 5.74. The molecule has 0 spiro atoms. The van der Waals surface area contributed by atoms with Crippen LogP contribution >= 0.6 is 0 Å². The first-order valence-corrected chi connectivity index (χ1v) is 4.59. The minimum Gasteiger partial charge on any atom is -0.317 e. The average molecular weight is 201 g/mol. The van der Waals surface area contributed by atoms with Gasteiger partial charge in [0.05, 0.1) is 0 Å². The fourth-order valence-corrected chi connectivity index (χ4v) is 1.39. The molecule has 5 nitrogen and oxygen atoms in total. The van der Waals surface area contributed by atoms with Crippen LogP contribution in [0.2, 0.25) is 0 Å². The summed E-state index contributed by atoms with van der Waals surface area (Å²) in [4.78, 5) is 7.97. The van der Waals surface area contributed by atoms with Crippen LogP contribution < -0.4 is 0 Å². The van der Waals surface area contributed by atoms with Crippen molar-refractivity contribution in [3.05, 3.63) is 42.5 Å². The number of rotatable bonds is 2. The van der Waals surface area contributed by atoms with E-state index in [1.165, 1.54) is 6.33 Å². The maximum absolute atomic E-state index is 4.05. The van der Waals surface area contributed by atoms with Gasteiger partial charge in [0.15, 0.2) is 5.82 Å². The Balaban J connectivity index is 2.48. The molecule has 2 heterocycles. The van der Waals surface area contributed by atoms with E-state index in [1.807, 2.05) is 24.6 Å². The zero-order valence-corrected chi connectivity index (χ0v) is 8.62. The van der Waals surface area contributed by atoms with E-state index < -0.39 is 0 Å². The van der Waals surface area contributed by atoms with Crippen LogP contribution in [-0.4, -0.2) is 24.7 Å². The number of nitrogens with zero attached hydrogens (tertiary/aromatic N) is 5. The molecule has 2 aromatic rings. The first-order valence-electron chi connectivity index (χ1n) is 4.59. The fourth-order valence-electron chi connectivity index (χ4n) is 1.39. The van der Waals surface area contributed by atoms with Crippen LogP contribution in [0.3, 0.4) is 0 Å². The first kappa shape index (κ1) is 9.51. The lowest BCUT2D eigenvalue weighted by Crippen LogP contribution is -1.98. The molecule has 2 rings (SSSR count). The van der Waals surface area contributed by atoms with Crippen LogP contribution in [0.25, 0.3) is 5.57 Å². The maximum atomic E-state index is 4.05. The summed E-state index contributed by atoms with van der Waals surface area (Å²) < 4.78 is 1.86. The molecule has 0 aromatic carbocycles. The van der Waals surface area contributed by atoms with E-state index in [-0.39, 0.29) is 0 Å². The molecule has 2 aromatic heterocycles. The Bertz CT molecular complexity index is 472. The molecule has 15 heavy (non-hydrogen) atoms. The summed E-state index contributed by atoms with van der Waals surface area (Å²) in [6.07, 6.45) is 8.67. The summed E-state index contributed by atoms with van der Waals surface area (Å²) in [7, 11) is 1.91. The van der Waals surface area contributed by atoms with Gasteiger partial charge in [-0.05, 0) is 6.92 Å². The number of allylic oxidation sites excluding steroid dienone is 1. The highest BCUT2D eigenvalue weighted by Gasteiger charge is 2.09. The van der Waals surface area contributed by atoms with E-state index in [4.69, 9.17) is 0 Å².